The van der Waals surface area contributed by atoms with Crippen LogP contribution in [-0.2, 0) is 0 Å². The van der Waals surface area contributed by atoms with Crippen LogP contribution in [0.4, 0.5) is 10.1 Å². The van der Waals surface area contributed by atoms with Crippen LogP contribution in [0.25, 0.3) is 16.9 Å². The number of halogens is 1. The van der Waals surface area contributed by atoms with Gasteiger partial charge in [-0.05, 0) is 54.6 Å². The zero-order valence-corrected chi connectivity index (χ0v) is 12.9. The number of benzene rings is 2. The molecule has 2 aromatic carbocycles. The molecule has 2 heterocycles. The van der Waals surface area contributed by atoms with E-state index in [-0.39, 0.29) is 5.91 Å². The second kappa shape index (κ2) is 6.12. The van der Waals surface area contributed by atoms with E-state index in [1.807, 2.05) is 6.07 Å². The number of carbonyl (C=O) groups excluding carboxylic acids is 1. The predicted molar refractivity (Wildman–Crippen MR) is 91.0 cm³/mol. The van der Waals surface area contributed by atoms with Gasteiger partial charge in [0, 0.05) is 17.4 Å². The molecule has 0 fully saturated rings. The molecular formula is C18H12FN5O. The van der Waals surface area contributed by atoms with Crippen LogP contribution in [0.15, 0.2) is 66.9 Å². The maximum absolute atomic E-state index is 13.2. The van der Waals surface area contributed by atoms with Crippen LogP contribution < -0.4 is 5.32 Å². The van der Waals surface area contributed by atoms with Crippen molar-refractivity contribution in [3.8, 4) is 5.69 Å². The molecular weight excluding hydrogens is 321 g/mol. The van der Waals surface area contributed by atoms with E-state index in [0.717, 1.165) is 5.69 Å². The Hall–Kier alpha value is -3.61. The summed E-state index contributed by atoms with van der Waals surface area (Å²) in [5.74, 6) is -0.725. The van der Waals surface area contributed by atoms with E-state index in [2.05, 4.69) is 20.6 Å². The van der Waals surface area contributed by atoms with Crippen molar-refractivity contribution in [3.63, 3.8) is 0 Å². The number of nitrogens with one attached hydrogen (secondary N) is 1. The summed E-state index contributed by atoms with van der Waals surface area (Å²) in [6.07, 6.45) is 1.67. The van der Waals surface area contributed by atoms with Crippen LogP contribution in [-0.4, -0.2) is 25.9 Å². The summed E-state index contributed by atoms with van der Waals surface area (Å²) in [6.45, 7) is 0. The van der Waals surface area contributed by atoms with Crippen LogP contribution in [0.5, 0.6) is 0 Å². The van der Waals surface area contributed by atoms with Gasteiger partial charge in [-0.2, -0.15) is 4.68 Å². The summed E-state index contributed by atoms with van der Waals surface area (Å²) in [5, 5.41) is 10.8. The van der Waals surface area contributed by atoms with Crippen molar-refractivity contribution >= 4 is 22.8 Å². The zero-order valence-electron chi connectivity index (χ0n) is 12.9. The summed E-state index contributed by atoms with van der Waals surface area (Å²) in [5.41, 5.74) is 2.92. The molecule has 0 saturated heterocycles. The first-order valence-corrected chi connectivity index (χ1v) is 7.54. The van der Waals surface area contributed by atoms with Gasteiger partial charge < -0.3 is 5.32 Å². The third-order valence-electron chi connectivity index (χ3n) is 3.67. The first-order chi connectivity index (χ1) is 12.2. The van der Waals surface area contributed by atoms with Gasteiger partial charge in [0.05, 0.1) is 5.69 Å². The molecule has 25 heavy (non-hydrogen) atoms. The molecule has 0 spiro atoms. The van der Waals surface area contributed by atoms with Gasteiger partial charge in [0.1, 0.15) is 11.3 Å². The quantitative estimate of drug-likeness (QED) is 0.625. The number of carbonyl (C=O) groups is 1. The Morgan fingerprint density at radius 1 is 1.04 bits per heavy atom. The fourth-order valence-electron chi connectivity index (χ4n) is 2.46. The Balaban J connectivity index is 1.58. The van der Waals surface area contributed by atoms with Gasteiger partial charge >= 0.3 is 0 Å². The number of aromatic nitrogens is 4. The van der Waals surface area contributed by atoms with Crippen molar-refractivity contribution in [2.24, 2.45) is 0 Å². The first-order valence-electron chi connectivity index (χ1n) is 7.54. The van der Waals surface area contributed by atoms with Crippen LogP contribution in [0.1, 0.15) is 10.4 Å². The lowest BCUT2D eigenvalue weighted by molar-refractivity contribution is 0.102. The number of amides is 1. The molecule has 4 aromatic rings. The average molecular weight is 333 g/mol. The number of fused-ring (bicyclic) bond motifs is 1. The summed E-state index contributed by atoms with van der Waals surface area (Å²) >= 11 is 0. The molecule has 0 atom stereocenters. The average Bonchev–Trinajstić information content (AvgIpc) is 3.06. The lowest BCUT2D eigenvalue weighted by Gasteiger charge is -2.06. The van der Waals surface area contributed by atoms with Crippen LogP contribution in [0, 0.1) is 5.82 Å². The number of pyridine rings is 1. The minimum Gasteiger partial charge on any atom is -0.322 e. The minimum atomic E-state index is -0.404. The molecule has 0 aliphatic heterocycles. The van der Waals surface area contributed by atoms with Gasteiger partial charge in [0.15, 0.2) is 5.65 Å². The largest absolute Gasteiger partial charge is 0.322 e. The number of hydrogen-bond donors (Lipinski definition) is 1. The fourth-order valence-corrected chi connectivity index (χ4v) is 2.46. The highest BCUT2D eigenvalue weighted by Crippen LogP contribution is 2.16. The molecule has 122 valence electrons. The Morgan fingerprint density at radius 2 is 1.88 bits per heavy atom. The lowest BCUT2D eigenvalue weighted by Crippen LogP contribution is -2.12. The number of anilines is 1. The van der Waals surface area contributed by atoms with Gasteiger partial charge in [-0.25, -0.2) is 9.37 Å². The summed E-state index contributed by atoms with van der Waals surface area (Å²) in [7, 11) is 0. The van der Waals surface area contributed by atoms with Gasteiger partial charge in [-0.15, -0.1) is 5.10 Å². The summed E-state index contributed by atoms with van der Waals surface area (Å²) in [4.78, 5) is 16.5. The fraction of sp³-hybridized carbons (Fsp3) is 0. The monoisotopic (exact) mass is 333 g/mol. The Labute approximate surface area is 141 Å². The standard InChI is InChI=1S/C18H12FN5O/c19-13-3-1-4-14(11-13)21-18(25)12-6-8-15(9-7-12)24-17-16(22-23-24)5-2-10-20-17/h1-11H,(H,21,25). The first kappa shape index (κ1) is 14.9. The molecule has 2 aromatic heterocycles. The van der Waals surface area contributed by atoms with E-state index >= 15 is 0 Å². The SMILES string of the molecule is O=C(Nc1cccc(F)c1)c1ccc(-n2nnc3cccnc32)cc1. The van der Waals surface area contributed by atoms with Crippen LogP contribution in [0.3, 0.4) is 0 Å². The van der Waals surface area contributed by atoms with E-state index in [1.165, 1.54) is 18.2 Å². The predicted octanol–water partition coefficient (Wildman–Crippen LogP) is 3.21. The minimum absolute atomic E-state index is 0.321. The molecule has 4 rings (SSSR count). The summed E-state index contributed by atoms with van der Waals surface area (Å²) in [6, 6.07) is 16.2. The highest BCUT2D eigenvalue weighted by atomic mass is 19.1. The Morgan fingerprint density at radius 3 is 2.68 bits per heavy atom. The molecule has 6 nitrogen and oxygen atoms in total. The third kappa shape index (κ3) is 2.94. The van der Waals surface area contributed by atoms with E-state index in [0.29, 0.717) is 22.4 Å². The van der Waals surface area contributed by atoms with E-state index in [9.17, 15) is 9.18 Å². The maximum atomic E-state index is 13.2. The van der Waals surface area contributed by atoms with Gasteiger partial charge in [0.25, 0.3) is 5.91 Å². The van der Waals surface area contributed by atoms with Crippen molar-refractivity contribution in [2.45, 2.75) is 0 Å². The lowest BCUT2D eigenvalue weighted by atomic mass is 10.2. The Bertz CT molecular complexity index is 1060. The Kier molecular flexibility index (Phi) is 3.66. The van der Waals surface area contributed by atoms with Crippen molar-refractivity contribution in [2.75, 3.05) is 5.32 Å². The van der Waals surface area contributed by atoms with Crippen LogP contribution in [0.2, 0.25) is 0 Å². The van der Waals surface area contributed by atoms with Gasteiger partial charge in [-0.3, -0.25) is 4.79 Å². The summed E-state index contributed by atoms with van der Waals surface area (Å²) < 4.78 is 14.8. The normalized spacial score (nSPS) is 10.8. The van der Waals surface area contributed by atoms with Crippen molar-refractivity contribution in [1.29, 1.82) is 0 Å². The maximum Gasteiger partial charge on any atom is 0.255 e. The molecule has 1 amide bonds. The number of hydrogen-bond acceptors (Lipinski definition) is 4. The second-order valence-corrected chi connectivity index (χ2v) is 5.36. The van der Waals surface area contributed by atoms with E-state index in [1.54, 1.807) is 47.3 Å². The zero-order chi connectivity index (χ0) is 17.2. The van der Waals surface area contributed by atoms with E-state index in [4.69, 9.17) is 0 Å². The van der Waals surface area contributed by atoms with Crippen LogP contribution >= 0.6 is 0 Å². The number of rotatable bonds is 3. The van der Waals surface area contributed by atoms with Gasteiger partial charge in [0.2, 0.25) is 0 Å². The smallest absolute Gasteiger partial charge is 0.255 e. The van der Waals surface area contributed by atoms with Crippen molar-refractivity contribution < 1.29 is 9.18 Å². The topological polar surface area (TPSA) is 72.7 Å². The molecule has 7 heteroatoms. The van der Waals surface area contributed by atoms with E-state index < -0.39 is 5.82 Å². The third-order valence-corrected chi connectivity index (χ3v) is 3.67. The molecule has 0 aliphatic rings. The molecule has 0 saturated carbocycles. The molecule has 0 aliphatic carbocycles. The molecule has 1 N–H and O–H groups in total. The van der Waals surface area contributed by atoms with Crippen molar-refractivity contribution in [3.05, 3.63) is 78.2 Å². The van der Waals surface area contributed by atoms with Crippen molar-refractivity contribution in [1.82, 2.24) is 20.0 Å². The second-order valence-electron chi connectivity index (χ2n) is 5.36. The highest BCUT2D eigenvalue weighted by Gasteiger charge is 2.10. The molecule has 0 unspecified atom stereocenters. The highest BCUT2D eigenvalue weighted by molar-refractivity contribution is 6.04. The molecule has 0 bridgehead atoms. The van der Waals surface area contributed by atoms with Gasteiger partial charge in [-0.1, -0.05) is 11.3 Å². The number of nitrogens with zero attached hydrogens (tertiary/aromatic N) is 4. The molecule has 0 radical (unpaired) electrons.